The van der Waals surface area contributed by atoms with E-state index in [1.807, 2.05) is 4.90 Å². The molecular weight excluding hydrogens is 156 g/mol. The first-order valence-electron chi connectivity index (χ1n) is 4.06. The van der Waals surface area contributed by atoms with Crippen LogP contribution in [0, 0.1) is 17.2 Å². The molecule has 1 N–H and O–H groups in total. The zero-order valence-electron chi connectivity index (χ0n) is 6.86. The van der Waals surface area contributed by atoms with Crippen molar-refractivity contribution < 1.29 is 9.90 Å². The lowest BCUT2D eigenvalue weighted by Gasteiger charge is -2.27. The molecule has 0 atom stereocenters. The van der Waals surface area contributed by atoms with E-state index in [2.05, 4.69) is 6.07 Å². The van der Waals surface area contributed by atoms with Crippen LogP contribution >= 0.6 is 0 Å². The first kappa shape index (κ1) is 9.01. The summed E-state index contributed by atoms with van der Waals surface area (Å²) in [7, 11) is 0. The maximum atomic E-state index is 10.5. The van der Waals surface area contributed by atoms with Crippen LogP contribution in [0.4, 0.5) is 0 Å². The number of hydrogen-bond acceptors (Lipinski definition) is 3. The molecule has 1 aliphatic heterocycles. The van der Waals surface area contributed by atoms with Gasteiger partial charge in [0.05, 0.1) is 18.5 Å². The normalized spacial score (nSPS) is 20.2. The Hall–Kier alpha value is -1.08. The molecule has 1 fully saturated rings. The highest BCUT2D eigenvalue weighted by Gasteiger charge is 2.23. The van der Waals surface area contributed by atoms with Crippen LogP contribution in [-0.4, -0.2) is 35.6 Å². The molecule has 1 aliphatic rings. The molecule has 1 saturated heterocycles. The Morgan fingerprint density at radius 2 is 2.17 bits per heavy atom. The number of likely N-dealkylation sites (tertiary alicyclic amines) is 1. The maximum absolute atomic E-state index is 10.5. The van der Waals surface area contributed by atoms with Gasteiger partial charge >= 0.3 is 5.97 Å². The minimum Gasteiger partial charge on any atom is -0.481 e. The van der Waals surface area contributed by atoms with Gasteiger partial charge in [0.15, 0.2) is 0 Å². The average molecular weight is 168 g/mol. The van der Waals surface area contributed by atoms with Crippen molar-refractivity contribution in [1.82, 2.24) is 4.90 Å². The highest BCUT2D eigenvalue weighted by atomic mass is 16.4. The second kappa shape index (κ2) is 4.07. The van der Waals surface area contributed by atoms with E-state index in [-0.39, 0.29) is 5.92 Å². The van der Waals surface area contributed by atoms with Crippen LogP contribution in [0.1, 0.15) is 12.8 Å². The number of carboxylic acids is 1. The van der Waals surface area contributed by atoms with Gasteiger partial charge in [0.2, 0.25) is 0 Å². The minimum absolute atomic E-state index is 0.194. The molecule has 1 heterocycles. The third-order valence-corrected chi connectivity index (χ3v) is 2.23. The number of piperidine rings is 1. The molecule has 66 valence electrons. The molecule has 0 aromatic carbocycles. The van der Waals surface area contributed by atoms with Gasteiger partial charge in [0.1, 0.15) is 0 Å². The van der Waals surface area contributed by atoms with Crippen LogP contribution in [0.15, 0.2) is 0 Å². The molecule has 4 heteroatoms. The van der Waals surface area contributed by atoms with Gasteiger partial charge in [-0.15, -0.1) is 0 Å². The molecule has 0 aromatic heterocycles. The number of carbonyl (C=O) groups is 1. The van der Waals surface area contributed by atoms with E-state index in [0.29, 0.717) is 19.4 Å². The van der Waals surface area contributed by atoms with E-state index >= 15 is 0 Å². The zero-order valence-corrected chi connectivity index (χ0v) is 6.86. The third-order valence-electron chi connectivity index (χ3n) is 2.23. The van der Waals surface area contributed by atoms with E-state index in [0.717, 1.165) is 13.1 Å². The largest absolute Gasteiger partial charge is 0.481 e. The average Bonchev–Trinajstić information content (AvgIpc) is 2.06. The quantitative estimate of drug-likeness (QED) is 0.602. The molecule has 0 aromatic rings. The van der Waals surface area contributed by atoms with Crippen molar-refractivity contribution in [3.8, 4) is 6.07 Å². The zero-order chi connectivity index (χ0) is 8.97. The van der Waals surface area contributed by atoms with Gasteiger partial charge in [-0.3, -0.25) is 9.69 Å². The lowest BCUT2D eigenvalue weighted by Crippen LogP contribution is -2.36. The monoisotopic (exact) mass is 168 g/mol. The minimum atomic E-state index is -0.702. The van der Waals surface area contributed by atoms with E-state index in [9.17, 15) is 4.79 Å². The summed E-state index contributed by atoms with van der Waals surface area (Å²) in [6.07, 6.45) is 1.36. The number of rotatable bonds is 2. The van der Waals surface area contributed by atoms with E-state index in [4.69, 9.17) is 10.4 Å². The van der Waals surface area contributed by atoms with Crippen molar-refractivity contribution >= 4 is 5.97 Å². The predicted molar refractivity (Wildman–Crippen MR) is 42.4 cm³/mol. The number of nitriles is 1. The van der Waals surface area contributed by atoms with Gasteiger partial charge in [0, 0.05) is 0 Å². The Balaban J connectivity index is 2.30. The maximum Gasteiger partial charge on any atom is 0.306 e. The van der Waals surface area contributed by atoms with Crippen molar-refractivity contribution in [2.75, 3.05) is 19.6 Å². The first-order chi connectivity index (χ1) is 5.74. The smallest absolute Gasteiger partial charge is 0.306 e. The lowest BCUT2D eigenvalue weighted by molar-refractivity contribution is -0.143. The van der Waals surface area contributed by atoms with Crippen LogP contribution in [0.3, 0.4) is 0 Å². The summed E-state index contributed by atoms with van der Waals surface area (Å²) in [5, 5.41) is 17.1. The summed E-state index contributed by atoms with van der Waals surface area (Å²) in [5.74, 6) is -0.897. The van der Waals surface area contributed by atoms with Gasteiger partial charge < -0.3 is 5.11 Å². The third kappa shape index (κ3) is 2.21. The molecular formula is C8H12N2O2. The molecule has 0 unspecified atom stereocenters. The lowest BCUT2D eigenvalue weighted by atomic mass is 9.97. The second-order valence-electron chi connectivity index (χ2n) is 3.05. The van der Waals surface area contributed by atoms with E-state index in [1.54, 1.807) is 0 Å². The van der Waals surface area contributed by atoms with Gasteiger partial charge in [0.25, 0.3) is 0 Å². The SMILES string of the molecule is N#CCN1CCC(C(=O)O)CC1. The molecule has 0 bridgehead atoms. The fraction of sp³-hybridized carbons (Fsp3) is 0.750. The Morgan fingerprint density at radius 1 is 1.58 bits per heavy atom. The molecule has 0 saturated carbocycles. The highest BCUT2D eigenvalue weighted by molar-refractivity contribution is 5.70. The van der Waals surface area contributed by atoms with Crippen LogP contribution in [0.25, 0.3) is 0 Å². The van der Waals surface area contributed by atoms with Crippen LogP contribution in [0.5, 0.6) is 0 Å². The summed E-state index contributed by atoms with van der Waals surface area (Å²) in [5.41, 5.74) is 0. The van der Waals surface area contributed by atoms with Crippen LogP contribution in [0.2, 0.25) is 0 Å². The molecule has 12 heavy (non-hydrogen) atoms. The molecule has 1 rings (SSSR count). The Kier molecular flexibility index (Phi) is 3.06. The molecule has 4 nitrogen and oxygen atoms in total. The fourth-order valence-corrected chi connectivity index (χ4v) is 1.44. The van der Waals surface area contributed by atoms with Crippen molar-refractivity contribution in [3.05, 3.63) is 0 Å². The fourth-order valence-electron chi connectivity index (χ4n) is 1.44. The van der Waals surface area contributed by atoms with Crippen LogP contribution in [-0.2, 0) is 4.79 Å². The molecule has 0 amide bonds. The van der Waals surface area contributed by atoms with Crippen LogP contribution < -0.4 is 0 Å². The van der Waals surface area contributed by atoms with Crippen molar-refractivity contribution in [3.63, 3.8) is 0 Å². The van der Waals surface area contributed by atoms with Gasteiger partial charge in [-0.05, 0) is 25.9 Å². The summed E-state index contributed by atoms with van der Waals surface area (Å²) in [6, 6.07) is 2.06. The number of aliphatic carboxylic acids is 1. The number of hydrogen-bond donors (Lipinski definition) is 1. The topological polar surface area (TPSA) is 64.3 Å². The van der Waals surface area contributed by atoms with Gasteiger partial charge in [-0.2, -0.15) is 5.26 Å². The standard InChI is InChI=1S/C8H12N2O2/c9-3-6-10-4-1-7(2-5-10)8(11)12/h7H,1-2,4-6H2,(H,11,12). The van der Waals surface area contributed by atoms with Crippen molar-refractivity contribution in [2.24, 2.45) is 5.92 Å². The van der Waals surface area contributed by atoms with Gasteiger partial charge in [-0.1, -0.05) is 0 Å². The Morgan fingerprint density at radius 3 is 2.58 bits per heavy atom. The molecule has 0 aliphatic carbocycles. The molecule has 0 spiro atoms. The Bertz CT molecular complexity index is 202. The Labute approximate surface area is 71.4 Å². The summed E-state index contributed by atoms with van der Waals surface area (Å²) < 4.78 is 0. The van der Waals surface area contributed by atoms with Gasteiger partial charge in [-0.25, -0.2) is 0 Å². The van der Waals surface area contributed by atoms with Crippen molar-refractivity contribution in [2.45, 2.75) is 12.8 Å². The summed E-state index contributed by atoms with van der Waals surface area (Å²) in [6.45, 7) is 1.90. The molecule has 0 radical (unpaired) electrons. The summed E-state index contributed by atoms with van der Waals surface area (Å²) in [4.78, 5) is 12.5. The number of nitrogens with zero attached hydrogens (tertiary/aromatic N) is 2. The second-order valence-corrected chi connectivity index (χ2v) is 3.05. The number of carboxylic acid groups (broad SMARTS) is 1. The highest BCUT2D eigenvalue weighted by Crippen LogP contribution is 2.16. The summed E-state index contributed by atoms with van der Waals surface area (Å²) >= 11 is 0. The van der Waals surface area contributed by atoms with E-state index < -0.39 is 5.97 Å². The van der Waals surface area contributed by atoms with Crippen molar-refractivity contribution in [1.29, 1.82) is 5.26 Å². The first-order valence-corrected chi connectivity index (χ1v) is 4.06. The van der Waals surface area contributed by atoms with E-state index in [1.165, 1.54) is 0 Å². The predicted octanol–water partition coefficient (Wildman–Crippen LogP) is 0.307.